The first-order valence-corrected chi connectivity index (χ1v) is 7.46. The summed E-state index contributed by atoms with van der Waals surface area (Å²) in [7, 11) is -2.31. The molecule has 0 saturated carbocycles. The number of nitrogens with two attached hydrogens (primary N) is 1. The Labute approximate surface area is 124 Å². The highest BCUT2D eigenvalue weighted by molar-refractivity contribution is 7.89. The molecule has 2 rings (SSSR count). The lowest BCUT2D eigenvalue weighted by atomic mass is 10.1. The summed E-state index contributed by atoms with van der Waals surface area (Å²) in [5.41, 5.74) is 5.54. The van der Waals surface area contributed by atoms with Crippen LogP contribution in [0.2, 0.25) is 0 Å². The molecule has 1 atom stereocenters. The topological polar surface area (TPSA) is 72.6 Å². The van der Waals surface area contributed by atoms with Crippen LogP contribution in [0.3, 0.4) is 0 Å². The summed E-state index contributed by atoms with van der Waals surface area (Å²) in [6.07, 6.45) is 0.744. The Bertz CT molecular complexity index is 568. The Kier molecular flexibility index (Phi) is 5.76. The molecule has 0 aromatic heterocycles. The van der Waals surface area contributed by atoms with Crippen molar-refractivity contribution < 1.29 is 17.5 Å². The minimum atomic E-state index is -3.65. The summed E-state index contributed by atoms with van der Waals surface area (Å²) in [5.74, 6) is -0.476. The average Bonchev–Trinajstić information content (AvgIpc) is 2.88. The molecule has 0 aliphatic carbocycles. The van der Waals surface area contributed by atoms with Crippen molar-refractivity contribution in [2.45, 2.75) is 11.3 Å². The number of hydrogen-bond donors (Lipinski definition) is 1. The normalized spacial score (nSPS) is 19.6. The van der Waals surface area contributed by atoms with Gasteiger partial charge in [-0.25, -0.2) is 12.8 Å². The van der Waals surface area contributed by atoms with Gasteiger partial charge in [-0.3, -0.25) is 0 Å². The van der Waals surface area contributed by atoms with Crippen molar-refractivity contribution in [2.24, 2.45) is 11.7 Å². The maximum atomic E-state index is 13.6. The molecular weight excluding hydrogens is 307 g/mol. The molecule has 1 saturated heterocycles. The van der Waals surface area contributed by atoms with Crippen molar-refractivity contribution in [3.8, 4) is 5.75 Å². The molecule has 2 N–H and O–H groups in total. The summed E-state index contributed by atoms with van der Waals surface area (Å²) in [5, 5.41) is 0. The molecule has 1 aromatic carbocycles. The maximum Gasteiger partial charge on any atom is 0.243 e. The Hall–Kier alpha value is -0.890. The molecular formula is C12H18ClFN2O3S. The molecule has 0 amide bonds. The van der Waals surface area contributed by atoms with Crippen LogP contribution in [0.25, 0.3) is 0 Å². The number of methoxy groups -OCH3 is 1. The zero-order valence-electron chi connectivity index (χ0n) is 11.1. The summed E-state index contributed by atoms with van der Waals surface area (Å²) < 4.78 is 44.4. The monoisotopic (exact) mass is 324 g/mol. The summed E-state index contributed by atoms with van der Waals surface area (Å²) in [6.45, 7) is 1.29. The Morgan fingerprint density at radius 3 is 2.70 bits per heavy atom. The van der Waals surface area contributed by atoms with Gasteiger partial charge >= 0.3 is 0 Å². The highest BCUT2D eigenvalue weighted by Crippen LogP contribution is 2.26. The van der Waals surface area contributed by atoms with E-state index in [1.807, 2.05) is 0 Å². The van der Waals surface area contributed by atoms with Crippen molar-refractivity contribution in [3.05, 3.63) is 24.0 Å². The van der Waals surface area contributed by atoms with E-state index in [4.69, 9.17) is 10.5 Å². The second kappa shape index (κ2) is 6.71. The average molecular weight is 325 g/mol. The van der Waals surface area contributed by atoms with Gasteiger partial charge in [-0.15, -0.1) is 12.4 Å². The van der Waals surface area contributed by atoms with Crippen LogP contribution in [0.5, 0.6) is 5.75 Å². The van der Waals surface area contributed by atoms with Gasteiger partial charge in [-0.2, -0.15) is 4.31 Å². The third-order valence-corrected chi connectivity index (χ3v) is 5.20. The summed E-state index contributed by atoms with van der Waals surface area (Å²) in [4.78, 5) is -0.0523. The zero-order valence-corrected chi connectivity index (χ0v) is 12.7. The first kappa shape index (κ1) is 17.2. The Morgan fingerprint density at radius 1 is 1.50 bits per heavy atom. The van der Waals surface area contributed by atoms with E-state index in [-0.39, 0.29) is 29.0 Å². The molecule has 0 radical (unpaired) electrons. The van der Waals surface area contributed by atoms with Gasteiger partial charge < -0.3 is 10.5 Å². The quantitative estimate of drug-likeness (QED) is 0.904. The molecule has 0 bridgehead atoms. The highest BCUT2D eigenvalue weighted by Gasteiger charge is 2.32. The number of rotatable bonds is 4. The second-order valence-corrected chi connectivity index (χ2v) is 6.49. The van der Waals surface area contributed by atoms with Crippen LogP contribution >= 0.6 is 12.4 Å². The molecule has 1 heterocycles. The van der Waals surface area contributed by atoms with Crippen molar-refractivity contribution in [1.29, 1.82) is 0 Å². The molecule has 5 nitrogen and oxygen atoms in total. The lowest BCUT2D eigenvalue weighted by Crippen LogP contribution is -2.30. The van der Waals surface area contributed by atoms with E-state index in [0.29, 0.717) is 19.6 Å². The largest absolute Gasteiger partial charge is 0.494 e. The van der Waals surface area contributed by atoms with E-state index >= 15 is 0 Å². The maximum absolute atomic E-state index is 13.6. The lowest BCUT2D eigenvalue weighted by Gasteiger charge is -2.16. The van der Waals surface area contributed by atoms with Crippen LogP contribution < -0.4 is 10.5 Å². The summed E-state index contributed by atoms with van der Waals surface area (Å²) >= 11 is 0. The van der Waals surface area contributed by atoms with E-state index < -0.39 is 15.8 Å². The molecule has 1 aliphatic rings. The molecule has 1 aromatic rings. The van der Waals surface area contributed by atoms with Gasteiger partial charge in [-0.1, -0.05) is 0 Å². The minimum Gasteiger partial charge on any atom is -0.494 e. The molecule has 1 unspecified atom stereocenters. The fraction of sp³-hybridized carbons (Fsp3) is 0.500. The third kappa shape index (κ3) is 3.22. The van der Waals surface area contributed by atoms with E-state index in [9.17, 15) is 12.8 Å². The highest BCUT2D eigenvalue weighted by atomic mass is 35.5. The molecule has 1 aliphatic heterocycles. The third-order valence-electron chi connectivity index (χ3n) is 3.34. The predicted octanol–water partition coefficient (Wildman–Crippen LogP) is 1.23. The van der Waals surface area contributed by atoms with Crippen LogP contribution in [0, 0.1) is 11.7 Å². The van der Waals surface area contributed by atoms with Crippen LogP contribution in [-0.4, -0.2) is 39.5 Å². The molecule has 20 heavy (non-hydrogen) atoms. The predicted molar refractivity (Wildman–Crippen MR) is 76.1 cm³/mol. The second-order valence-electron chi connectivity index (χ2n) is 4.55. The number of benzene rings is 1. The van der Waals surface area contributed by atoms with Crippen LogP contribution in [0.1, 0.15) is 6.42 Å². The minimum absolute atomic E-state index is 0. The number of halogens is 2. The van der Waals surface area contributed by atoms with Crippen molar-refractivity contribution in [2.75, 3.05) is 26.7 Å². The molecule has 0 spiro atoms. The van der Waals surface area contributed by atoms with Gasteiger partial charge in [-0.05, 0) is 37.1 Å². The Morgan fingerprint density at radius 2 is 2.20 bits per heavy atom. The fourth-order valence-electron chi connectivity index (χ4n) is 2.16. The molecule has 1 fully saturated rings. The van der Waals surface area contributed by atoms with Crippen LogP contribution in [0.15, 0.2) is 23.1 Å². The number of ether oxygens (including phenoxy) is 1. The van der Waals surface area contributed by atoms with Gasteiger partial charge in [0.2, 0.25) is 10.0 Å². The smallest absolute Gasteiger partial charge is 0.243 e. The standard InChI is InChI=1S/C12H17FN2O3S.ClH/c1-18-12-3-2-10(6-11(12)13)19(16,17)15-5-4-9(7-14)8-15;/h2-3,6,9H,4-5,7-8,14H2,1H3;1H. The van der Waals surface area contributed by atoms with Gasteiger partial charge in [0.1, 0.15) is 0 Å². The lowest BCUT2D eigenvalue weighted by molar-refractivity contribution is 0.385. The first-order valence-electron chi connectivity index (χ1n) is 6.02. The van der Waals surface area contributed by atoms with E-state index in [0.717, 1.165) is 12.5 Å². The zero-order chi connectivity index (χ0) is 14.0. The number of nitrogens with zero attached hydrogens (tertiary/aromatic N) is 1. The van der Waals surface area contributed by atoms with Crippen molar-refractivity contribution in [1.82, 2.24) is 4.31 Å². The van der Waals surface area contributed by atoms with E-state index in [1.54, 1.807) is 0 Å². The Balaban J connectivity index is 0.00000200. The number of hydrogen-bond acceptors (Lipinski definition) is 4. The van der Waals surface area contributed by atoms with Gasteiger partial charge in [0.15, 0.2) is 11.6 Å². The summed E-state index contributed by atoms with van der Waals surface area (Å²) in [6, 6.07) is 3.66. The van der Waals surface area contributed by atoms with Gasteiger partial charge in [0, 0.05) is 13.1 Å². The van der Waals surface area contributed by atoms with Crippen LogP contribution in [0.4, 0.5) is 4.39 Å². The number of sulfonamides is 1. The fourth-order valence-corrected chi connectivity index (χ4v) is 3.71. The van der Waals surface area contributed by atoms with Crippen molar-refractivity contribution in [3.63, 3.8) is 0 Å². The molecule has 114 valence electrons. The SMILES string of the molecule is COc1ccc(S(=O)(=O)N2CCC(CN)C2)cc1F.Cl. The first-order chi connectivity index (χ1) is 8.98. The van der Waals surface area contributed by atoms with Crippen molar-refractivity contribution >= 4 is 22.4 Å². The van der Waals surface area contributed by atoms with E-state index in [2.05, 4.69) is 0 Å². The molecule has 8 heteroatoms. The van der Waals surface area contributed by atoms with Gasteiger partial charge in [0.25, 0.3) is 0 Å². The van der Waals surface area contributed by atoms with Gasteiger partial charge in [0.05, 0.1) is 12.0 Å². The van der Waals surface area contributed by atoms with Crippen LogP contribution in [-0.2, 0) is 10.0 Å². The van der Waals surface area contributed by atoms with E-state index in [1.165, 1.54) is 23.5 Å².